The van der Waals surface area contributed by atoms with Gasteiger partial charge >= 0.3 is 0 Å². The molecule has 0 spiro atoms. The molecule has 0 saturated heterocycles. The van der Waals surface area contributed by atoms with E-state index in [4.69, 9.17) is 0 Å². The van der Waals surface area contributed by atoms with Crippen LogP contribution in [0.2, 0.25) is 0 Å². The predicted octanol–water partition coefficient (Wildman–Crippen LogP) is 1.32. The van der Waals surface area contributed by atoms with Gasteiger partial charge in [-0.3, -0.25) is 9.59 Å². The lowest BCUT2D eigenvalue weighted by atomic mass is 10.1. The van der Waals surface area contributed by atoms with Gasteiger partial charge in [0.25, 0.3) is 5.91 Å². The molecule has 1 saturated carbocycles. The number of nitrogens with one attached hydrogen (secondary N) is 1. The first-order chi connectivity index (χ1) is 9.58. The fourth-order valence-corrected chi connectivity index (χ4v) is 2.72. The van der Waals surface area contributed by atoms with Crippen molar-refractivity contribution >= 4 is 5.91 Å². The van der Waals surface area contributed by atoms with Crippen LogP contribution in [0.4, 0.5) is 0 Å². The van der Waals surface area contributed by atoms with Crippen molar-refractivity contribution in [2.45, 2.75) is 31.7 Å². The van der Waals surface area contributed by atoms with Gasteiger partial charge in [-0.15, -0.1) is 0 Å². The smallest absolute Gasteiger partial charge is 0.254 e. The molecule has 1 aromatic rings. The molecule has 5 heteroatoms. The topological polar surface area (TPSA) is 56.4 Å². The Kier molecular flexibility index (Phi) is 4.95. The average molecular weight is 277 g/mol. The largest absolute Gasteiger partial charge is 0.334 e. The third kappa shape index (κ3) is 3.70. The molecular formula is C15H23N3O2. The van der Waals surface area contributed by atoms with Crippen LogP contribution in [0.25, 0.3) is 0 Å². The minimum atomic E-state index is -0.227. The van der Waals surface area contributed by atoms with Crippen LogP contribution in [0.3, 0.4) is 0 Å². The van der Waals surface area contributed by atoms with E-state index >= 15 is 0 Å². The van der Waals surface area contributed by atoms with E-state index < -0.39 is 0 Å². The molecule has 1 amide bonds. The Morgan fingerprint density at radius 2 is 2.00 bits per heavy atom. The molecule has 2 rings (SSSR count). The minimum absolute atomic E-state index is 0.0233. The van der Waals surface area contributed by atoms with Crippen LogP contribution in [0, 0.1) is 0 Å². The Morgan fingerprint density at radius 3 is 2.60 bits per heavy atom. The Morgan fingerprint density at radius 1 is 1.30 bits per heavy atom. The van der Waals surface area contributed by atoms with Crippen LogP contribution in [0.15, 0.2) is 23.1 Å². The zero-order valence-electron chi connectivity index (χ0n) is 12.3. The lowest BCUT2D eigenvalue weighted by molar-refractivity contribution is 0.0667. The van der Waals surface area contributed by atoms with Gasteiger partial charge in [0.2, 0.25) is 5.56 Å². The molecule has 5 nitrogen and oxygen atoms in total. The first kappa shape index (κ1) is 14.8. The zero-order valence-corrected chi connectivity index (χ0v) is 12.3. The normalized spacial score (nSPS) is 15.8. The van der Waals surface area contributed by atoms with E-state index in [0.717, 1.165) is 19.4 Å². The molecule has 0 radical (unpaired) electrons. The maximum atomic E-state index is 12.7. The molecule has 0 aliphatic heterocycles. The average Bonchev–Trinajstić information content (AvgIpc) is 2.92. The molecule has 1 N–H and O–H groups in total. The van der Waals surface area contributed by atoms with Gasteiger partial charge in [0.15, 0.2) is 0 Å². The number of likely N-dealkylation sites (N-methyl/N-ethyl adjacent to an activating group) is 1. The number of H-pyrrole nitrogens is 1. The third-order valence-corrected chi connectivity index (χ3v) is 3.84. The second-order valence-electron chi connectivity index (χ2n) is 5.68. The number of hydrogen-bond donors (Lipinski definition) is 1. The van der Waals surface area contributed by atoms with Crippen molar-refractivity contribution < 1.29 is 4.79 Å². The summed E-state index contributed by atoms with van der Waals surface area (Å²) < 4.78 is 0. The minimum Gasteiger partial charge on any atom is -0.334 e. The number of hydrogen-bond acceptors (Lipinski definition) is 3. The van der Waals surface area contributed by atoms with Crippen molar-refractivity contribution in [1.29, 1.82) is 0 Å². The van der Waals surface area contributed by atoms with E-state index in [1.807, 2.05) is 19.0 Å². The highest BCUT2D eigenvalue weighted by Crippen LogP contribution is 2.24. The quantitative estimate of drug-likeness (QED) is 0.883. The van der Waals surface area contributed by atoms with Crippen molar-refractivity contribution in [3.8, 4) is 0 Å². The van der Waals surface area contributed by atoms with Crippen LogP contribution in [0.1, 0.15) is 36.0 Å². The summed E-state index contributed by atoms with van der Waals surface area (Å²) in [5.41, 5.74) is 0.259. The molecule has 1 heterocycles. The molecule has 1 aromatic heterocycles. The van der Waals surface area contributed by atoms with Gasteiger partial charge < -0.3 is 14.8 Å². The van der Waals surface area contributed by atoms with Crippen LogP contribution >= 0.6 is 0 Å². The molecule has 0 atom stereocenters. The van der Waals surface area contributed by atoms with Crippen LogP contribution < -0.4 is 5.56 Å². The van der Waals surface area contributed by atoms with E-state index in [2.05, 4.69) is 9.88 Å². The first-order valence-corrected chi connectivity index (χ1v) is 7.22. The molecule has 110 valence electrons. The van der Waals surface area contributed by atoms with Gasteiger partial charge in [-0.05, 0) is 33.0 Å². The number of nitrogens with zero attached hydrogens (tertiary/aromatic N) is 2. The highest BCUT2D eigenvalue weighted by atomic mass is 16.2. The SMILES string of the molecule is CN(C)CCN(C(=O)c1cc[nH]c(=O)c1)C1CCCC1. The molecule has 0 bridgehead atoms. The number of carbonyl (C=O) groups is 1. The summed E-state index contributed by atoms with van der Waals surface area (Å²) in [5.74, 6) is -0.0233. The van der Waals surface area contributed by atoms with Gasteiger partial charge in [-0.25, -0.2) is 0 Å². The lowest BCUT2D eigenvalue weighted by Gasteiger charge is -2.30. The first-order valence-electron chi connectivity index (χ1n) is 7.22. The predicted molar refractivity (Wildman–Crippen MR) is 78.9 cm³/mol. The molecule has 1 fully saturated rings. The summed E-state index contributed by atoms with van der Waals surface area (Å²) >= 11 is 0. The van der Waals surface area contributed by atoms with E-state index in [9.17, 15) is 9.59 Å². The van der Waals surface area contributed by atoms with Gasteiger partial charge in [-0.2, -0.15) is 0 Å². The van der Waals surface area contributed by atoms with E-state index in [-0.39, 0.29) is 11.5 Å². The fourth-order valence-electron chi connectivity index (χ4n) is 2.72. The Bertz CT molecular complexity index is 504. The number of aromatic amines is 1. The van der Waals surface area contributed by atoms with E-state index in [1.165, 1.54) is 25.1 Å². The molecule has 1 aliphatic rings. The number of amides is 1. The lowest BCUT2D eigenvalue weighted by Crippen LogP contribution is -2.43. The summed E-state index contributed by atoms with van der Waals surface area (Å²) in [6.45, 7) is 1.55. The third-order valence-electron chi connectivity index (χ3n) is 3.84. The Hall–Kier alpha value is -1.62. The maximum Gasteiger partial charge on any atom is 0.254 e. The van der Waals surface area contributed by atoms with E-state index in [1.54, 1.807) is 6.07 Å². The van der Waals surface area contributed by atoms with Crippen LogP contribution in [-0.4, -0.2) is 53.9 Å². The fraction of sp³-hybridized carbons (Fsp3) is 0.600. The van der Waals surface area contributed by atoms with Gasteiger partial charge in [0.1, 0.15) is 0 Å². The Labute approximate surface area is 119 Å². The molecule has 0 unspecified atom stereocenters. The van der Waals surface area contributed by atoms with Crippen LogP contribution in [-0.2, 0) is 0 Å². The number of pyridine rings is 1. The van der Waals surface area contributed by atoms with Gasteiger partial charge in [-0.1, -0.05) is 12.8 Å². The van der Waals surface area contributed by atoms with Gasteiger partial charge in [0.05, 0.1) is 0 Å². The summed E-state index contributed by atoms with van der Waals surface area (Å²) in [7, 11) is 4.01. The summed E-state index contributed by atoms with van der Waals surface area (Å²) in [5, 5.41) is 0. The summed E-state index contributed by atoms with van der Waals surface area (Å²) in [4.78, 5) is 30.6. The molecular weight excluding hydrogens is 254 g/mol. The summed E-state index contributed by atoms with van der Waals surface area (Å²) in [6, 6.07) is 3.39. The monoisotopic (exact) mass is 277 g/mol. The highest BCUT2D eigenvalue weighted by Gasteiger charge is 2.27. The van der Waals surface area contributed by atoms with Crippen LogP contribution in [0.5, 0.6) is 0 Å². The Balaban J connectivity index is 2.16. The maximum absolute atomic E-state index is 12.7. The number of carbonyl (C=O) groups excluding carboxylic acids is 1. The van der Waals surface area contributed by atoms with Crippen molar-refractivity contribution in [2.24, 2.45) is 0 Å². The van der Waals surface area contributed by atoms with Crippen molar-refractivity contribution in [1.82, 2.24) is 14.8 Å². The van der Waals surface area contributed by atoms with E-state index in [0.29, 0.717) is 18.2 Å². The second kappa shape index (κ2) is 6.70. The number of aromatic nitrogens is 1. The van der Waals surface area contributed by atoms with Crippen molar-refractivity contribution in [3.63, 3.8) is 0 Å². The molecule has 0 aromatic carbocycles. The number of rotatable bonds is 5. The zero-order chi connectivity index (χ0) is 14.5. The van der Waals surface area contributed by atoms with Gasteiger partial charge in [0, 0.05) is 37.0 Å². The molecule has 1 aliphatic carbocycles. The molecule has 20 heavy (non-hydrogen) atoms. The standard InChI is InChI=1S/C15H23N3O2/c1-17(2)9-10-18(13-5-3-4-6-13)15(20)12-7-8-16-14(19)11-12/h7-8,11,13H,3-6,9-10H2,1-2H3,(H,16,19). The summed E-state index contributed by atoms with van der Waals surface area (Å²) in [6.07, 6.45) is 6.05. The van der Waals surface area contributed by atoms with Crippen molar-refractivity contribution in [3.05, 3.63) is 34.2 Å². The second-order valence-corrected chi connectivity index (χ2v) is 5.68. The van der Waals surface area contributed by atoms with Crippen molar-refractivity contribution in [2.75, 3.05) is 27.2 Å². The highest BCUT2D eigenvalue weighted by molar-refractivity contribution is 5.94.